The number of benzene rings is 2. The van der Waals surface area contributed by atoms with Crippen molar-refractivity contribution in [1.29, 1.82) is 0 Å². The maximum atomic E-state index is 10.9. The standard InChI is InChI=1S/C21H26O3/c1-3-4-5-6-15-24-16(2)17-7-9-18(10-8-17)19-11-13-20(14-12-19)21(22)23/h7-14,16H,3-6,15H2,1-2H3,(H,22,23). The lowest BCUT2D eigenvalue weighted by Gasteiger charge is -2.14. The van der Waals surface area contributed by atoms with Gasteiger partial charge >= 0.3 is 5.97 Å². The zero-order valence-electron chi connectivity index (χ0n) is 14.5. The maximum absolute atomic E-state index is 10.9. The first-order chi connectivity index (χ1) is 11.6. The Hall–Kier alpha value is -2.13. The summed E-state index contributed by atoms with van der Waals surface area (Å²) in [6.45, 7) is 5.09. The van der Waals surface area contributed by atoms with Crippen LogP contribution in [0, 0.1) is 0 Å². The third kappa shape index (κ3) is 5.20. The van der Waals surface area contributed by atoms with Gasteiger partial charge in [-0.15, -0.1) is 0 Å². The molecular formula is C21H26O3. The summed E-state index contributed by atoms with van der Waals surface area (Å²) in [7, 11) is 0. The molecule has 2 rings (SSSR count). The summed E-state index contributed by atoms with van der Waals surface area (Å²) in [5.41, 5.74) is 3.56. The minimum Gasteiger partial charge on any atom is -0.478 e. The van der Waals surface area contributed by atoms with Crippen molar-refractivity contribution in [2.75, 3.05) is 6.61 Å². The molecule has 0 spiro atoms. The van der Waals surface area contributed by atoms with E-state index in [1.54, 1.807) is 12.1 Å². The lowest BCUT2D eigenvalue weighted by molar-refractivity contribution is 0.0628. The van der Waals surface area contributed by atoms with Gasteiger partial charge in [0.2, 0.25) is 0 Å². The topological polar surface area (TPSA) is 46.5 Å². The van der Waals surface area contributed by atoms with Gasteiger partial charge in [0.15, 0.2) is 0 Å². The molecule has 0 radical (unpaired) electrons. The Morgan fingerprint density at radius 1 is 0.958 bits per heavy atom. The lowest BCUT2D eigenvalue weighted by atomic mass is 10.0. The molecule has 24 heavy (non-hydrogen) atoms. The summed E-state index contributed by atoms with van der Waals surface area (Å²) < 4.78 is 5.90. The Balaban J connectivity index is 1.93. The number of hydrogen-bond acceptors (Lipinski definition) is 2. The number of rotatable bonds is 9. The van der Waals surface area contributed by atoms with E-state index in [1.165, 1.54) is 19.3 Å². The number of aromatic carboxylic acids is 1. The van der Waals surface area contributed by atoms with Crippen LogP contribution in [0.3, 0.4) is 0 Å². The molecule has 1 unspecified atom stereocenters. The van der Waals surface area contributed by atoms with Gasteiger partial charge < -0.3 is 9.84 Å². The van der Waals surface area contributed by atoms with Crippen molar-refractivity contribution in [3.63, 3.8) is 0 Å². The Labute approximate surface area is 144 Å². The average Bonchev–Trinajstić information content (AvgIpc) is 2.61. The Morgan fingerprint density at radius 3 is 2.08 bits per heavy atom. The monoisotopic (exact) mass is 326 g/mol. The highest BCUT2D eigenvalue weighted by molar-refractivity contribution is 5.88. The first kappa shape index (κ1) is 18.2. The lowest BCUT2D eigenvalue weighted by Crippen LogP contribution is -2.01. The van der Waals surface area contributed by atoms with Crippen LogP contribution in [0.25, 0.3) is 11.1 Å². The molecule has 0 aliphatic carbocycles. The second kappa shape index (κ2) is 9.24. The number of carboxylic acid groups (broad SMARTS) is 1. The van der Waals surface area contributed by atoms with Crippen LogP contribution in [0.1, 0.15) is 61.6 Å². The van der Waals surface area contributed by atoms with Crippen molar-refractivity contribution in [3.8, 4) is 11.1 Å². The highest BCUT2D eigenvalue weighted by atomic mass is 16.5. The summed E-state index contributed by atoms with van der Waals surface area (Å²) in [5.74, 6) is -0.901. The highest BCUT2D eigenvalue weighted by Gasteiger charge is 2.07. The van der Waals surface area contributed by atoms with E-state index >= 15 is 0 Å². The largest absolute Gasteiger partial charge is 0.478 e. The molecule has 2 aromatic rings. The summed E-state index contributed by atoms with van der Waals surface area (Å²) >= 11 is 0. The van der Waals surface area contributed by atoms with Gasteiger partial charge in [-0.1, -0.05) is 62.6 Å². The van der Waals surface area contributed by atoms with Gasteiger partial charge in [0, 0.05) is 6.61 Å². The van der Waals surface area contributed by atoms with Gasteiger partial charge in [0.1, 0.15) is 0 Å². The minimum atomic E-state index is -0.901. The molecule has 3 nitrogen and oxygen atoms in total. The van der Waals surface area contributed by atoms with Crippen LogP contribution in [0.5, 0.6) is 0 Å². The van der Waals surface area contributed by atoms with E-state index in [0.717, 1.165) is 29.7 Å². The molecule has 0 heterocycles. The summed E-state index contributed by atoms with van der Waals surface area (Å²) in [5, 5.41) is 8.95. The maximum Gasteiger partial charge on any atom is 0.335 e. The average molecular weight is 326 g/mol. The third-order valence-corrected chi connectivity index (χ3v) is 4.21. The number of carboxylic acids is 1. The summed E-state index contributed by atoms with van der Waals surface area (Å²) in [6.07, 6.45) is 4.95. The van der Waals surface area contributed by atoms with Crippen LogP contribution in [0.15, 0.2) is 48.5 Å². The number of carbonyl (C=O) groups is 1. The first-order valence-corrected chi connectivity index (χ1v) is 8.67. The predicted molar refractivity (Wildman–Crippen MR) is 97.3 cm³/mol. The normalized spacial score (nSPS) is 12.1. The van der Waals surface area contributed by atoms with Gasteiger partial charge in [0.25, 0.3) is 0 Å². The van der Waals surface area contributed by atoms with E-state index in [1.807, 2.05) is 12.1 Å². The predicted octanol–water partition coefficient (Wildman–Crippen LogP) is 5.71. The summed E-state index contributed by atoms with van der Waals surface area (Å²) in [4.78, 5) is 10.9. The fourth-order valence-electron chi connectivity index (χ4n) is 2.64. The fraction of sp³-hybridized carbons (Fsp3) is 0.381. The molecule has 128 valence electrons. The molecule has 1 atom stereocenters. The number of unbranched alkanes of at least 4 members (excludes halogenated alkanes) is 3. The van der Waals surface area contributed by atoms with Gasteiger partial charge in [-0.05, 0) is 42.2 Å². The molecule has 0 bridgehead atoms. The Bertz CT molecular complexity index is 629. The van der Waals surface area contributed by atoms with Gasteiger partial charge in [-0.3, -0.25) is 0 Å². The van der Waals surface area contributed by atoms with E-state index in [2.05, 4.69) is 38.1 Å². The van der Waals surface area contributed by atoms with Crippen LogP contribution in [-0.2, 0) is 4.74 Å². The molecule has 3 heteroatoms. The molecule has 0 saturated heterocycles. The molecule has 0 amide bonds. The minimum absolute atomic E-state index is 0.0927. The SMILES string of the molecule is CCCCCCOC(C)c1ccc(-c2ccc(C(=O)O)cc2)cc1. The first-order valence-electron chi connectivity index (χ1n) is 8.67. The fourth-order valence-corrected chi connectivity index (χ4v) is 2.64. The van der Waals surface area contributed by atoms with Crippen LogP contribution in [0.4, 0.5) is 0 Å². The zero-order chi connectivity index (χ0) is 17.4. The van der Waals surface area contributed by atoms with Gasteiger partial charge in [-0.2, -0.15) is 0 Å². The molecular weight excluding hydrogens is 300 g/mol. The molecule has 1 N–H and O–H groups in total. The van der Waals surface area contributed by atoms with Crippen molar-refractivity contribution < 1.29 is 14.6 Å². The van der Waals surface area contributed by atoms with E-state index < -0.39 is 5.97 Å². The van der Waals surface area contributed by atoms with Gasteiger partial charge in [0.05, 0.1) is 11.7 Å². The van der Waals surface area contributed by atoms with Crippen molar-refractivity contribution in [1.82, 2.24) is 0 Å². The van der Waals surface area contributed by atoms with E-state index in [-0.39, 0.29) is 6.10 Å². The highest BCUT2D eigenvalue weighted by Crippen LogP contribution is 2.24. The number of hydrogen-bond donors (Lipinski definition) is 1. The van der Waals surface area contributed by atoms with Crippen LogP contribution in [0.2, 0.25) is 0 Å². The van der Waals surface area contributed by atoms with E-state index in [0.29, 0.717) is 5.56 Å². The van der Waals surface area contributed by atoms with E-state index in [4.69, 9.17) is 9.84 Å². The Morgan fingerprint density at radius 2 is 1.54 bits per heavy atom. The Kier molecular flexibility index (Phi) is 7.01. The smallest absolute Gasteiger partial charge is 0.335 e. The molecule has 0 fully saturated rings. The number of ether oxygens (including phenoxy) is 1. The molecule has 0 aliphatic heterocycles. The molecule has 0 saturated carbocycles. The van der Waals surface area contributed by atoms with Gasteiger partial charge in [-0.25, -0.2) is 4.79 Å². The second-order valence-electron chi connectivity index (χ2n) is 6.08. The van der Waals surface area contributed by atoms with Crippen molar-refractivity contribution >= 4 is 5.97 Å². The van der Waals surface area contributed by atoms with Crippen molar-refractivity contribution in [2.45, 2.75) is 45.6 Å². The van der Waals surface area contributed by atoms with Crippen LogP contribution < -0.4 is 0 Å². The van der Waals surface area contributed by atoms with Crippen LogP contribution >= 0.6 is 0 Å². The summed E-state index contributed by atoms with van der Waals surface area (Å²) in [6, 6.07) is 15.2. The molecule has 0 aliphatic rings. The zero-order valence-corrected chi connectivity index (χ0v) is 14.5. The quantitative estimate of drug-likeness (QED) is 0.600. The molecule has 2 aromatic carbocycles. The van der Waals surface area contributed by atoms with Crippen LogP contribution in [-0.4, -0.2) is 17.7 Å². The molecule has 0 aromatic heterocycles. The van der Waals surface area contributed by atoms with Crippen molar-refractivity contribution in [3.05, 3.63) is 59.7 Å². The van der Waals surface area contributed by atoms with Crippen molar-refractivity contribution in [2.24, 2.45) is 0 Å². The van der Waals surface area contributed by atoms with E-state index in [9.17, 15) is 4.79 Å². The second-order valence-corrected chi connectivity index (χ2v) is 6.08. The third-order valence-electron chi connectivity index (χ3n) is 4.21.